The van der Waals surface area contributed by atoms with E-state index in [0.29, 0.717) is 28.3 Å². The SMILES string of the molecule is COc1ccc2nc(Nc3ncnc(Oc4cc(C)cc(C)c4)c3N)sc2c1. The van der Waals surface area contributed by atoms with Crippen molar-refractivity contribution in [3.63, 3.8) is 0 Å². The highest BCUT2D eigenvalue weighted by atomic mass is 32.1. The van der Waals surface area contributed by atoms with Gasteiger partial charge in [-0.2, -0.15) is 4.98 Å². The third-order valence-corrected chi connectivity index (χ3v) is 5.01. The molecule has 0 amide bonds. The number of nitrogens with zero attached hydrogens (tertiary/aromatic N) is 3. The Kier molecular flexibility index (Phi) is 4.70. The van der Waals surface area contributed by atoms with Gasteiger partial charge in [-0.3, -0.25) is 0 Å². The Hall–Kier alpha value is -3.39. The summed E-state index contributed by atoms with van der Waals surface area (Å²) in [6.45, 7) is 4.02. The van der Waals surface area contributed by atoms with Crippen molar-refractivity contribution in [2.75, 3.05) is 18.2 Å². The number of ether oxygens (including phenoxy) is 2. The summed E-state index contributed by atoms with van der Waals surface area (Å²) in [7, 11) is 1.64. The van der Waals surface area contributed by atoms with Crippen molar-refractivity contribution in [2.24, 2.45) is 0 Å². The van der Waals surface area contributed by atoms with Crippen LogP contribution in [0, 0.1) is 13.8 Å². The van der Waals surface area contributed by atoms with Gasteiger partial charge in [0.05, 0.1) is 17.3 Å². The van der Waals surface area contributed by atoms with E-state index in [-0.39, 0.29) is 0 Å². The first-order valence-corrected chi connectivity index (χ1v) is 9.41. The van der Waals surface area contributed by atoms with Gasteiger partial charge in [0.15, 0.2) is 10.9 Å². The molecular formula is C20H19N5O2S. The standard InChI is InChI=1S/C20H19N5O2S/c1-11-6-12(2)8-14(7-11)27-19-17(21)18(22-10-23-19)25-20-24-15-5-4-13(26-3)9-16(15)28-20/h4-10H,21H2,1-3H3,(H,22,23,24,25). The van der Waals surface area contributed by atoms with Crippen LogP contribution in [0.2, 0.25) is 0 Å². The normalized spacial score (nSPS) is 10.8. The average molecular weight is 393 g/mol. The maximum atomic E-state index is 6.24. The van der Waals surface area contributed by atoms with Crippen molar-refractivity contribution >= 4 is 38.2 Å². The molecule has 7 nitrogen and oxygen atoms in total. The molecule has 0 spiro atoms. The number of aryl methyl sites for hydroxylation is 2. The molecule has 0 aliphatic carbocycles. The van der Waals surface area contributed by atoms with Crippen LogP contribution in [-0.4, -0.2) is 22.1 Å². The first-order valence-electron chi connectivity index (χ1n) is 8.60. The molecular weight excluding hydrogens is 374 g/mol. The molecule has 0 atom stereocenters. The largest absolute Gasteiger partial charge is 0.497 e. The third-order valence-electron chi connectivity index (χ3n) is 4.08. The molecule has 0 saturated carbocycles. The summed E-state index contributed by atoms with van der Waals surface area (Å²) in [5.74, 6) is 2.21. The van der Waals surface area contributed by atoms with Gasteiger partial charge in [-0.15, -0.1) is 0 Å². The van der Waals surface area contributed by atoms with Crippen LogP contribution in [0.5, 0.6) is 17.4 Å². The zero-order chi connectivity index (χ0) is 19.7. The monoisotopic (exact) mass is 393 g/mol. The van der Waals surface area contributed by atoms with Crippen LogP contribution in [0.3, 0.4) is 0 Å². The Balaban J connectivity index is 1.61. The maximum Gasteiger partial charge on any atom is 0.248 e. The maximum absolute atomic E-state index is 6.24. The lowest BCUT2D eigenvalue weighted by Crippen LogP contribution is -2.03. The van der Waals surface area contributed by atoms with Crippen molar-refractivity contribution in [2.45, 2.75) is 13.8 Å². The molecule has 8 heteroatoms. The van der Waals surface area contributed by atoms with Gasteiger partial charge < -0.3 is 20.5 Å². The molecule has 2 aromatic carbocycles. The molecule has 0 bridgehead atoms. The van der Waals surface area contributed by atoms with Gasteiger partial charge in [0.25, 0.3) is 0 Å². The van der Waals surface area contributed by atoms with E-state index < -0.39 is 0 Å². The quantitative estimate of drug-likeness (QED) is 0.501. The van der Waals surface area contributed by atoms with Crippen molar-refractivity contribution in [3.8, 4) is 17.4 Å². The molecule has 4 aromatic rings. The summed E-state index contributed by atoms with van der Waals surface area (Å²) in [5, 5.41) is 3.83. The Morgan fingerprint density at radius 1 is 1.00 bits per heavy atom. The third kappa shape index (κ3) is 3.67. The lowest BCUT2D eigenvalue weighted by atomic mass is 10.1. The summed E-state index contributed by atoms with van der Waals surface area (Å²) >= 11 is 1.49. The Morgan fingerprint density at radius 3 is 2.54 bits per heavy atom. The molecule has 0 radical (unpaired) electrons. The number of nitrogens with two attached hydrogens (primary N) is 1. The number of nitrogens with one attached hydrogen (secondary N) is 1. The van der Waals surface area contributed by atoms with E-state index in [4.69, 9.17) is 15.2 Å². The first-order chi connectivity index (χ1) is 13.5. The second kappa shape index (κ2) is 7.32. The number of methoxy groups -OCH3 is 1. The highest BCUT2D eigenvalue weighted by Gasteiger charge is 2.13. The lowest BCUT2D eigenvalue weighted by Gasteiger charge is -2.11. The van der Waals surface area contributed by atoms with Gasteiger partial charge in [-0.1, -0.05) is 17.4 Å². The minimum absolute atomic E-state index is 0.297. The lowest BCUT2D eigenvalue weighted by molar-refractivity contribution is 0.415. The van der Waals surface area contributed by atoms with E-state index in [2.05, 4.69) is 26.3 Å². The average Bonchev–Trinajstić information content (AvgIpc) is 3.05. The second-order valence-electron chi connectivity index (χ2n) is 6.34. The van der Waals surface area contributed by atoms with E-state index in [1.807, 2.05) is 44.2 Å². The van der Waals surface area contributed by atoms with Crippen LogP contribution in [0.1, 0.15) is 11.1 Å². The zero-order valence-corrected chi connectivity index (χ0v) is 16.5. The van der Waals surface area contributed by atoms with Gasteiger partial charge in [-0.05, 0) is 55.3 Å². The molecule has 4 rings (SSSR count). The van der Waals surface area contributed by atoms with Crippen molar-refractivity contribution in [3.05, 3.63) is 53.9 Å². The van der Waals surface area contributed by atoms with E-state index >= 15 is 0 Å². The Labute approximate surface area is 166 Å². The summed E-state index contributed by atoms with van der Waals surface area (Å²) < 4.78 is 12.1. The van der Waals surface area contributed by atoms with Gasteiger partial charge in [0.2, 0.25) is 5.88 Å². The predicted octanol–water partition coefficient (Wildman–Crippen LogP) is 4.83. The molecule has 0 saturated heterocycles. The van der Waals surface area contributed by atoms with E-state index in [1.54, 1.807) is 7.11 Å². The second-order valence-corrected chi connectivity index (χ2v) is 7.37. The molecule has 142 valence electrons. The fourth-order valence-electron chi connectivity index (χ4n) is 2.85. The molecule has 2 aromatic heterocycles. The van der Waals surface area contributed by atoms with E-state index in [9.17, 15) is 0 Å². The summed E-state index contributed by atoms with van der Waals surface area (Å²) in [6, 6.07) is 11.7. The molecule has 3 N–H and O–H groups in total. The highest BCUT2D eigenvalue weighted by molar-refractivity contribution is 7.22. The van der Waals surface area contributed by atoms with Crippen LogP contribution in [0.25, 0.3) is 10.2 Å². The minimum atomic E-state index is 0.297. The van der Waals surface area contributed by atoms with Crippen molar-refractivity contribution < 1.29 is 9.47 Å². The molecule has 2 heterocycles. The Morgan fingerprint density at radius 2 is 1.79 bits per heavy atom. The number of hydrogen-bond donors (Lipinski definition) is 2. The fraction of sp³-hybridized carbons (Fsp3) is 0.150. The first kappa shape index (κ1) is 18.0. The zero-order valence-electron chi connectivity index (χ0n) is 15.7. The molecule has 28 heavy (non-hydrogen) atoms. The molecule has 0 unspecified atom stereocenters. The number of hydrogen-bond acceptors (Lipinski definition) is 8. The molecule has 0 aliphatic heterocycles. The summed E-state index contributed by atoms with van der Waals surface area (Å²) in [4.78, 5) is 13.0. The highest BCUT2D eigenvalue weighted by Crippen LogP contribution is 2.34. The minimum Gasteiger partial charge on any atom is -0.497 e. The van der Waals surface area contributed by atoms with Crippen LogP contribution >= 0.6 is 11.3 Å². The number of fused-ring (bicyclic) bond motifs is 1. The smallest absolute Gasteiger partial charge is 0.248 e. The summed E-state index contributed by atoms with van der Waals surface area (Å²) in [5.41, 5.74) is 9.63. The van der Waals surface area contributed by atoms with E-state index in [0.717, 1.165) is 27.1 Å². The topological polar surface area (TPSA) is 95.2 Å². The van der Waals surface area contributed by atoms with Crippen LogP contribution in [0.15, 0.2) is 42.7 Å². The number of anilines is 3. The molecule has 0 aliphatic rings. The number of benzene rings is 2. The number of thiazole rings is 1. The predicted molar refractivity (Wildman–Crippen MR) is 112 cm³/mol. The van der Waals surface area contributed by atoms with Gasteiger partial charge in [-0.25, -0.2) is 9.97 Å². The van der Waals surface area contributed by atoms with Gasteiger partial charge >= 0.3 is 0 Å². The molecule has 0 fully saturated rings. The van der Waals surface area contributed by atoms with Gasteiger partial charge in [0, 0.05) is 0 Å². The van der Waals surface area contributed by atoms with Crippen LogP contribution < -0.4 is 20.5 Å². The number of rotatable bonds is 5. The van der Waals surface area contributed by atoms with Crippen LogP contribution in [0.4, 0.5) is 16.6 Å². The Bertz CT molecular complexity index is 1140. The fourth-order valence-corrected chi connectivity index (χ4v) is 3.74. The summed E-state index contributed by atoms with van der Waals surface area (Å²) in [6.07, 6.45) is 1.41. The number of nitrogen functional groups attached to an aromatic ring is 1. The van der Waals surface area contributed by atoms with Gasteiger partial charge in [0.1, 0.15) is 23.5 Å². The van der Waals surface area contributed by atoms with E-state index in [1.165, 1.54) is 17.7 Å². The van der Waals surface area contributed by atoms with Crippen molar-refractivity contribution in [1.29, 1.82) is 0 Å². The van der Waals surface area contributed by atoms with Crippen LogP contribution in [-0.2, 0) is 0 Å². The number of aromatic nitrogens is 3. The van der Waals surface area contributed by atoms with Crippen molar-refractivity contribution in [1.82, 2.24) is 15.0 Å².